The molecule has 0 unspecified atom stereocenters. The lowest BCUT2D eigenvalue weighted by atomic mass is 10.1. The number of carbonyl (C=O) groups excluding carboxylic acids is 2. The smallest absolute Gasteiger partial charge is 0.348 e. The Labute approximate surface area is 154 Å². The zero-order valence-electron chi connectivity index (χ0n) is 14.4. The standard InChI is InChI=1S/C20H14N2O5/c1-2-26-19(24)15(11-21)8-14-7-13-9-16-12(10-17(13)27-20(14)25)5-3-4-6-18(23)22-16/h7-10H,2,4,6H2,1H3,(H,22,23). The third-order valence-corrected chi connectivity index (χ3v) is 3.79. The summed E-state index contributed by atoms with van der Waals surface area (Å²) in [6.07, 6.45) is 1.87. The van der Waals surface area contributed by atoms with Gasteiger partial charge in [0.05, 0.1) is 23.4 Å². The van der Waals surface area contributed by atoms with E-state index < -0.39 is 11.6 Å². The Morgan fingerprint density at radius 1 is 1.41 bits per heavy atom. The molecule has 1 N–H and O–H groups in total. The van der Waals surface area contributed by atoms with E-state index in [-0.39, 0.29) is 29.2 Å². The van der Waals surface area contributed by atoms with Gasteiger partial charge in [-0.05, 0) is 31.2 Å². The summed E-state index contributed by atoms with van der Waals surface area (Å²) in [5.41, 5.74) is 0.349. The van der Waals surface area contributed by atoms with Crippen LogP contribution in [-0.4, -0.2) is 18.5 Å². The molecule has 1 aromatic heterocycles. The van der Waals surface area contributed by atoms with E-state index in [0.29, 0.717) is 29.5 Å². The van der Waals surface area contributed by atoms with Crippen molar-refractivity contribution in [2.45, 2.75) is 19.8 Å². The molecular weight excluding hydrogens is 348 g/mol. The molecule has 2 aromatic rings. The van der Waals surface area contributed by atoms with Crippen LogP contribution in [0.5, 0.6) is 0 Å². The molecule has 0 fully saturated rings. The topological polar surface area (TPSA) is 109 Å². The summed E-state index contributed by atoms with van der Waals surface area (Å²) < 4.78 is 10.1. The van der Waals surface area contributed by atoms with Gasteiger partial charge in [-0.1, -0.05) is 11.8 Å². The Morgan fingerprint density at radius 2 is 2.22 bits per heavy atom. The van der Waals surface area contributed by atoms with Gasteiger partial charge in [0.25, 0.3) is 0 Å². The van der Waals surface area contributed by atoms with Gasteiger partial charge in [0.15, 0.2) is 0 Å². The predicted octanol–water partition coefficient (Wildman–Crippen LogP) is 2.35. The molecule has 7 nitrogen and oxygen atoms in total. The summed E-state index contributed by atoms with van der Waals surface area (Å²) in [4.78, 5) is 35.8. The Bertz CT molecular complexity index is 1140. The first kappa shape index (κ1) is 18.0. The van der Waals surface area contributed by atoms with Gasteiger partial charge in [0.2, 0.25) is 5.91 Å². The summed E-state index contributed by atoms with van der Waals surface area (Å²) in [5, 5.41) is 12.4. The van der Waals surface area contributed by atoms with Gasteiger partial charge < -0.3 is 14.5 Å². The van der Waals surface area contributed by atoms with Gasteiger partial charge in [0.1, 0.15) is 17.2 Å². The normalized spacial score (nSPS) is 13.3. The summed E-state index contributed by atoms with van der Waals surface area (Å²) in [6, 6.07) is 6.41. The first-order valence-electron chi connectivity index (χ1n) is 8.21. The zero-order chi connectivity index (χ0) is 19.4. The molecule has 1 aromatic carbocycles. The van der Waals surface area contributed by atoms with E-state index in [9.17, 15) is 14.4 Å². The summed E-state index contributed by atoms with van der Waals surface area (Å²) >= 11 is 0. The number of anilines is 1. The summed E-state index contributed by atoms with van der Waals surface area (Å²) in [6.45, 7) is 1.72. The molecule has 134 valence electrons. The van der Waals surface area contributed by atoms with Crippen LogP contribution >= 0.6 is 0 Å². The lowest BCUT2D eigenvalue weighted by Crippen LogP contribution is -2.13. The van der Waals surface area contributed by atoms with Crippen LogP contribution in [0.2, 0.25) is 0 Å². The van der Waals surface area contributed by atoms with Gasteiger partial charge >= 0.3 is 11.6 Å². The van der Waals surface area contributed by atoms with Crippen molar-refractivity contribution in [2.75, 3.05) is 11.9 Å². The molecule has 1 amide bonds. The largest absolute Gasteiger partial charge is 0.462 e. The highest BCUT2D eigenvalue weighted by Crippen LogP contribution is 2.25. The lowest BCUT2D eigenvalue weighted by molar-refractivity contribution is -0.137. The zero-order valence-corrected chi connectivity index (χ0v) is 14.4. The van der Waals surface area contributed by atoms with Crippen LogP contribution in [0, 0.1) is 23.2 Å². The first-order valence-corrected chi connectivity index (χ1v) is 8.21. The Morgan fingerprint density at radius 3 is 2.96 bits per heavy atom. The monoisotopic (exact) mass is 362 g/mol. The number of nitrogens with zero attached hydrogens (tertiary/aromatic N) is 1. The van der Waals surface area contributed by atoms with Crippen LogP contribution in [0.15, 0.2) is 33.0 Å². The number of hydrogen-bond donors (Lipinski definition) is 1. The number of carbonyl (C=O) groups is 2. The van der Waals surface area contributed by atoms with Crippen molar-refractivity contribution in [1.29, 1.82) is 5.26 Å². The highest BCUT2D eigenvalue weighted by atomic mass is 16.5. The van der Waals surface area contributed by atoms with E-state index in [2.05, 4.69) is 17.2 Å². The minimum atomic E-state index is -0.819. The number of nitrogens with one attached hydrogen (secondary N) is 1. The summed E-state index contributed by atoms with van der Waals surface area (Å²) in [7, 11) is 0. The number of esters is 1. The number of hydrogen-bond acceptors (Lipinski definition) is 6. The van der Waals surface area contributed by atoms with Crippen molar-refractivity contribution in [3.8, 4) is 17.9 Å². The van der Waals surface area contributed by atoms with Crippen LogP contribution in [0.25, 0.3) is 17.0 Å². The second-order valence-electron chi connectivity index (χ2n) is 5.67. The van der Waals surface area contributed by atoms with Crippen LogP contribution in [0.1, 0.15) is 30.9 Å². The van der Waals surface area contributed by atoms with E-state index in [1.54, 1.807) is 25.1 Å². The lowest BCUT2D eigenvalue weighted by Gasteiger charge is -2.10. The van der Waals surface area contributed by atoms with Crippen molar-refractivity contribution in [2.24, 2.45) is 0 Å². The maximum Gasteiger partial charge on any atom is 0.348 e. The molecule has 7 heteroatoms. The minimum Gasteiger partial charge on any atom is -0.462 e. The van der Waals surface area contributed by atoms with E-state index in [1.165, 1.54) is 6.07 Å². The molecule has 1 aliphatic heterocycles. The maximum atomic E-state index is 12.2. The van der Waals surface area contributed by atoms with Crippen molar-refractivity contribution < 1.29 is 18.7 Å². The molecule has 3 rings (SSSR count). The molecule has 2 heterocycles. The Balaban J connectivity index is 2.13. The average Bonchev–Trinajstić information content (AvgIpc) is 2.62. The SMILES string of the molecule is CCOC(=O)C(C#N)=Cc1cc2cc3c(cc2oc1=O)C#CCCC(=O)N3. The number of ether oxygens (including phenoxy) is 1. The first-order chi connectivity index (χ1) is 13.0. The summed E-state index contributed by atoms with van der Waals surface area (Å²) in [5.74, 6) is 4.86. The van der Waals surface area contributed by atoms with Gasteiger partial charge in [-0.3, -0.25) is 4.79 Å². The van der Waals surface area contributed by atoms with Crippen molar-refractivity contribution in [1.82, 2.24) is 0 Å². The maximum absolute atomic E-state index is 12.2. The van der Waals surface area contributed by atoms with Gasteiger partial charge in [-0.15, -0.1) is 0 Å². The van der Waals surface area contributed by atoms with E-state index in [0.717, 1.165) is 6.08 Å². The Hall–Kier alpha value is -3.84. The number of benzene rings is 1. The van der Waals surface area contributed by atoms with Gasteiger partial charge in [-0.25, -0.2) is 9.59 Å². The van der Waals surface area contributed by atoms with E-state index in [4.69, 9.17) is 14.4 Å². The number of rotatable bonds is 3. The molecule has 0 bridgehead atoms. The van der Waals surface area contributed by atoms with E-state index >= 15 is 0 Å². The number of nitriles is 1. The number of fused-ring (bicyclic) bond motifs is 2. The minimum absolute atomic E-state index is 0.0234. The molecule has 0 saturated carbocycles. The fourth-order valence-corrected chi connectivity index (χ4v) is 2.54. The van der Waals surface area contributed by atoms with Crippen LogP contribution < -0.4 is 10.9 Å². The average molecular weight is 362 g/mol. The van der Waals surface area contributed by atoms with Gasteiger partial charge in [-0.2, -0.15) is 5.26 Å². The highest BCUT2D eigenvalue weighted by Gasteiger charge is 2.14. The fourth-order valence-electron chi connectivity index (χ4n) is 2.54. The molecule has 1 aliphatic rings. The van der Waals surface area contributed by atoms with Crippen LogP contribution in [-0.2, 0) is 14.3 Å². The van der Waals surface area contributed by atoms with Crippen molar-refractivity contribution in [3.05, 3.63) is 45.3 Å². The molecule has 0 spiro atoms. The second-order valence-corrected chi connectivity index (χ2v) is 5.67. The Kier molecular flexibility index (Phi) is 5.05. The molecule has 27 heavy (non-hydrogen) atoms. The van der Waals surface area contributed by atoms with Crippen LogP contribution in [0.3, 0.4) is 0 Å². The quantitative estimate of drug-likeness (QED) is 0.295. The molecule has 0 saturated heterocycles. The third-order valence-electron chi connectivity index (χ3n) is 3.79. The molecular formula is C20H14N2O5. The molecule has 0 aliphatic carbocycles. The third kappa shape index (κ3) is 3.88. The second kappa shape index (κ2) is 7.59. The van der Waals surface area contributed by atoms with Crippen LogP contribution in [0.4, 0.5) is 5.69 Å². The number of amides is 1. The predicted molar refractivity (Wildman–Crippen MR) is 97.4 cm³/mol. The molecule has 0 radical (unpaired) electrons. The molecule has 0 atom stereocenters. The van der Waals surface area contributed by atoms with Crippen molar-refractivity contribution >= 4 is 34.6 Å². The van der Waals surface area contributed by atoms with Crippen molar-refractivity contribution in [3.63, 3.8) is 0 Å². The van der Waals surface area contributed by atoms with E-state index in [1.807, 2.05) is 0 Å². The fraction of sp³-hybridized carbons (Fsp3) is 0.200. The van der Waals surface area contributed by atoms with Gasteiger partial charge in [0, 0.05) is 18.2 Å². The highest BCUT2D eigenvalue weighted by molar-refractivity contribution is 5.99.